The van der Waals surface area contributed by atoms with Gasteiger partial charge in [0.25, 0.3) is 0 Å². The van der Waals surface area contributed by atoms with E-state index < -0.39 is 0 Å². The molecule has 0 atom stereocenters. The van der Waals surface area contributed by atoms with E-state index in [0.717, 1.165) is 18.8 Å². The summed E-state index contributed by atoms with van der Waals surface area (Å²) in [5, 5.41) is 8.44. The molecule has 2 aromatic rings. The largest absolute Gasteiger partial charge is 0.370 e. The summed E-state index contributed by atoms with van der Waals surface area (Å²) >= 11 is 8.06. The highest BCUT2D eigenvalue weighted by Gasteiger charge is 2.14. The van der Waals surface area contributed by atoms with Crippen LogP contribution in [0.15, 0.2) is 29.6 Å². The molecule has 0 saturated carbocycles. The number of amides is 2. The molecule has 4 nitrogen and oxygen atoms in total. The number of carbonyl (C=O) groups excluding carboxylic acids is 1. The zero-order valence-electron chi connectivity index (χ0n) is 13.8. The van der Waals surface area contributed by atoms with Gasteiger partial charge in [0.1, 0.15) is 0 Å². The van der Waals surface area contributed by atoms with Gasteiger partial charge in [-0.25, -0.2) is 4.79 Å². The second-order valence-corrected chi connectivity index (χ2v) is 7.46. The average molecular weight is 364 g/mol. The van der Waals surface area contributed by atoms with Crippen LogP contribution in [0.25, 0.3) is 0 Å². The van der Waals surface area contributed by atoms with Crippen LogP contribution in [-0.4, -0.2) is 19.1 Å². The van der Waals surface area contributed by atoms with Crippen molar-refractivity contribution in [2.75, 3.05) is 23.3 Å². The van der Waals surface area contributed by atoms with Gasteiger partial charge in [-0.2, -0.15) is 0 Å². The Kier molecular flexibility index (Phi) is 5.63. The summed E-state index contributed by atoms with van der Waals surface area (Å²) < 4.78 is 0. The molecule has 1 aromatic carbocycles. The second kappa shape index (κ2) is 7.90. The molecule has 0 spiro atoms. The Morgan fingerprint density at radius 3 is 2.71 bits per heavy atom. The minimum atomic E-state index is -0.218. The second-order valence-electron chi connectivity index (χ2n) is 6.05. The van der Waals surface area contributed by atoms with Crippen LogP contribution in [0.2, 0.25) is 5.02 Å². The fourth-order valence-electron chi connectivity index (χ4n) is 2.90. The van der Waals surface area contributed by atoms with Crippen LogP contribution >= 0.6 is 22.9 Å². The van der Waals surface area contributed by atoms with E-state index in [1.165, 1.54) is 29.7 Å². The lowest BCUT2D eigenvalue weighted by Gasteiger charge is -2.29. The molecule has 0 aliphatic carbocycles. The summed E-state index contributed by atoms with van der Waals surface area (Å²) in [6, 6.07) is 7.56. The van der Waals surface area contributed by atoms with E-state index in [1.807, 2.05) is 30.5 Å². The van der Waals surface area contributed by atoms with E-state index in [-0.39, 0.29) is 6.03 Å². The lowest BCUT2D eigenvalue weighted by Crippen LogP contribution is -2.30. The number of rotatable bonds is 4. The van der Waals surface area contributed by atoms with Gasteiger partial charge in [0, 0.05) is 23.7 Å². The third kappa shape index (κ3) is 4.22. The van der Waals surface area contributed by atoms with Crippen molar-refractivity contribution in [3.63, 3.8) is 0 Å². The first-order chi connectivity index (χ1) is 11.6. The van der Waals surface area contributed by atoms with Crippen LogP contribution in [-0.2, 0) is 6.54 Å². The van der Waals surface area contributed by atoms with Crippen molar-refractivity contribution >= 4 is 40.3 Å². The van der Waals surface area contributed by atoms with Crippen LogP contribution in [0, 0.1) is 6.92 Å². The number of anilines is 2. The Morgan fingerprint density at radius 1 is 1.25 bits per heavy atom. The SMILES string of the molecule is Cc1ccsc1CNC(=O)Nc1ccc(N2CCCCC2)c(Cl)c1. The van der Waals surface area contributed by atoms with Crippen LogP contribution in [0.1, 0.15) is 29.7 Å². The molecule has 1 aromatic heterocycles. The zero-order valence-corrected chi connectivity index (χ0v) is 15.3. The van der Waals surface area contributed by atoms with E-state index in [1.54, 1.807) is 11.3 Å². The molecule has 0 bridgehead atoms. The van der Waals surface area contributed by atoms with Crippen molar-refractivity contribution in [1.82, 2.24) is 5.32 Å². The van der Waals surface area contributed by atoms with Gasteiger partial charge in [-0.1, -0.05) is 11.6 Å². The molecular formula is C18H22ClN3OS. The molecule has 6 heteroatoms. The summed E-state index contributed by atoms with van der Waals surface area (Å²) in [5.74, 6) is 0. The molecule has 1 fully saturated rings. The van der Waals surface area contributed by atoms with E-state index in [0.29, 0.717) is 17.3 Å². The van der Waals surface area contributed by atoms with Gasteiger partial charge in [-0.05, 0) is 61.4 Å². The molecular weight excluding hydrogens is 342 g/mol. The number of carbonyl (C=O) groups is 1. The maximum atomic E-state index is 12.0. The van der Waals surface area contributed by atoms with Crippen LogP contribution in [0.4, 0.5) is 16.2 Å². The first kappa shape index (κ1) is 17.1. The highest BCUT2D eigenvalue weighted by molar-refractivity contribution is 7.10. The first-order valence-corrected chi connectivity index (χ1v) is 9.51. The number of hydrogen-bond donors (Lipinski definition) is 2. The van der Waals surface area contributed by atoms with Crippen molar-refractivity contribution in [2.24, 2.45) is 0 Å². The van der Waals surface area contributed by atoms with E-state index in [4.69, 9.17) is 11.6 Å². The van der Waals surface area contributed by atoms with Crippen molar-refractivity contribution in [1.29, 1.82) is 0 Å². The number of aryl methyl sites for hydroxylation is 1. The topological polar surface area (TPSA) is 44.4 Å². The Morgan fingerprint density at radius 2 is 2.04 bits per heavy atom. The fourth-order valence-corrected chi connectivity index (χ4v) is 4.04. The van der Waals surface area contributed by atoms with Crippen molar-refractivity contribution < 1.29 is 4.79 Å². The normalized spacial score (nSPS) is 14.5. The van der Waals surface area contributed by atoms with Crippen molar-refractivity contribution in [3.05, 3.63) is 45.1 Å². The molecule has 1 saturated heterocycles. The fraction of sp³-hybridized carbons (Fsp3) is 0.389. The lowest BCUT2D eigenvalue weighted by atomic mass is 10.1. The summed E-state index contributed by atoms with van der Waals surface area (Å²) in [7, 11) is 0. The Labute approximate surface area is 151 Å². The highest BCUT2D eigenvalue weighted by Crippen LogP contribution is 2.30. The maximum Gasteiger partial charge on any atom is 0.319 e. The van der Waals surface area contributed by atoms with Crippen LogP contribution in [0.5, 0.6) is 0 Å². The molecule has 0 unspecified atom stereocenters. The first-order valence-electron chi connectivity index (χ1n) is 8.26. The Hall–Kier alpha value is -1.72. The van der Waals surface area contributed by atoms with E-state index in [9.17, 15) is 4.79 Å². The van der Waals surface area contributed by atoms with Gasteiger partial charge >= 0.3 is 6.03 Å². The zero-order chi connectivity index (χ0) is 16.9. The number of nitrogens with zero attached hydrogens (tertiary/aromatic N) is 1. The quantitative estimate of drug-likeness (QED) is 0.800. The molecule has 128 valence electrons. The molecule has 1 aliphatic rings. The third-order valence-corrected chi connectivity index (χ3v) is 5.61. The third-order valence-electron chi connectivity index (χ3n) is 4.28. The number of nitrogens with one attached hydrogen (secondary N) is 2. The van der Waals surface area contributed by atoms with Gasteiger partial charge in [-0.15, -0.1) is 11.3 Å². The highest BCUT2D eigenvalue weighted by atomic mass is 35.5. The Balaban J connectivity index is 1.57. The molecule has 1 aliphatic heterocycles. The predicted octanol–water partition coefficient (Wildman–Crippen LogP) is 5.02. The summed E-state index contributed by atoms with van der Waals surface area (Å²) in [4.78, 5) is 15.5. The smallest absolute Gasteiger partial charge is 0.319 e. The minimum absolute atomic E-state index is 0.218. The monoisotopic (exact) mass is 363 g/mol. The van der Waals surface area contributed by atoms with Gasteiger partial charge in [0.15, 0.2) is 0 Å². The van der Waals surface area contributed by atoms with Crippen molar-refractivity contribution in [2.45, 2.75) is 32.7 Å². The van der Waals surface area contributed by atoms with Gasteiger partial charge < -0.3 is 15.5 Å². The minimum Gasteiger partial charge on any atom is -0.370 e. The predicted molar refractivity (Wildman–Crippen MR) is 102 cm³/mol. The molecule has 0 radical (unpaired) electrons. The van der Waals surface area contributed by atoms with E-state index in [2.05, 4.69) is 21.6 Å². The molecule has 24 heavy (non-hydrogen) atoms. The molecule has 3 rings (SSSR count). The standard InChI is InChI=1S/C18H22ClN3OS/c1-13-7-10-24-17(13)12-20-18(23)21-14-5-6-16(15(19)11-14)22-8-3-2-4-9-22/h5-7,10-11H,2-4,8-9,12H2,1H3,(H2,20,21,23). The number of piperidine rings is 1. The lowest BCUT2D eigenvalue weighted by molar-refractivity contribution is 0.252. The summed E-state index contributed by atoms with van der Waals surface area (Å²) in [6.45, 7) is 4.68. The van der Waals surface area contributed by atoms with Crippen LogP contribution < -0.4 is 15.5 Å². The number of benzene rings is 1. The molecule has 2 N–H and O–H groups in total. The summed E-state index contributed by atoms with van der Waals surface area (Å²) in [5.41, 5.74) is 2.96. The molecule has 2 heterocycles. The summed E-state index contributed by atoms with van der Waals surface area (Å²) in [6.07, 6.45) is 3.71. The number of thiophene rings is 1. The molecule has 2 amide bonds. The maximum absolute atomic E-state index is 12.0. The number of urea groups is 1. The number of halogens is 1. The van der Waals surface area contributed by atoms with E-state index >= 15 is 0 Å². The number of hydrogen-bond acceptors (Lipinski definition) is 3. The van der Waals surface area contributed by atoms with Crippen LogP contribution in [0.3, 0.4) is 0 Å². The van der Waals surface area contributed by atoms with Crippen molar-refractivity contribution in [3.8, 4) is 0 Å². The Bertz CT molecular complexity index is 710. The average Bonchev–Trinajstić information content (AvgIpc) is 2.99. The van der Waals surface area contributed by atoms with Gasteiger partial charge in [0.05, 0.1) is 17.3 Å². The van der Waals surface area contributed by atoms with Gasteiger partial charge in [0.2, 0.25) is 0 Å². The van der Waals surface area contributed by atoms with Gasteiger partial charge in [-0.3, -0.25) is 0 Å².